The van der Waals surface area contributed by atoms with Gasteiger partial charge in [0.2, 0.25) is 0 Å². The molecule has 4 rings (SSSR count). The normalized spacial score (nSPS) is 11.5. The van der Waals surface area contributed by atoms with Crippen molar-refractivity contribution < 1.29 is 0 Å². The van der Waals surface area contributed by atoms with Crippen LogP contribution in [-0.4, -0.2) is 9.55 Å². The minimum absolute atomic E-state index is 0.740. The monoisotopic (exact) mass is 422 g/mol. The molecule has 0 fully saturated rings. The maximum atomic E-state index is 5.97. The first-order valence-electron chi connectivity index (χ1n) is 8.32. The zero-order valence-electron chi connectivity index (χ0n) is 13.9. The van der Waals surface area contributed by atoms with Gasteiger partial charge in [-0.2, -0.15) is 0 Å². The summed E-state index contributed by atoms with van der Waals surface area (Å²) in [7, 11) is 0. The first-order chi connectivity index (χ1) is 12.7. The maximum Gasteiger partial charge on any atom is 0.134 e. The van der Waals surface area contributed by atoms with Crippen LogP contribution in [0.3, 0.4) is 0 Å². The van der Waals surface area contributed by atoms with Crippen LogP contribution in [0, 0.1) is 0 Å². The molecule has 0 bridgehead atoms. The molecule has 0 radical (unpaired) electrons. The molecule has 1 aromatic heterocycles. The Kier molecular flexibility index (Phi) is 4.91. The summed E-state index contributed by atoms with van der Waals surface area (Å²) in [6.45, 7) is 0.764. The highest BCUT2D eigenvalue weighted by Gasteiger charge is 2.09. The van der Waals surface area contributed by atoms with Gasteiger partial charge in [0, 0.05) is 16.0 Å². The van der Waals surface area contributed by atoms with E-state index in [0.717, 1.165) is 38.5 Å². The van der Waals surface area contributed by atoms with Gasteiger partial charge in [-0.25, -0.2) is 4.98 Å². The van der Waals surface area contributed by atoms with Crippen LogP contribution in [0.5, 0.6) is 0 Å². The fourth-order valence-corrected chi connectivity index (χ4v) is 3.52. The van der Waals surface area contributed by atoms with Gasteiger partial charge in [0.05, 0.1) is 11.0 Å². The van der Waals surface area contributed by atoms with Crippen LogP contribution in [0.4, 0.5) is 0 Å². The van der Waals surface area contributed by atoms with Gasteiger partial charge in [-0.3, -0.25) is 0 Å². The second-order valence-electron chi connectivity index (χ2n) is 6.06. The van der Waals surface area contributed by atoms with Crippen molar-refractivity contribution in [3.63, 3.8) is 0 Å². The molecule has 0 aliphatic rings. The standard InChI is InChI=1S/C22H16BrClN2/c23-18-5-3-4-17(14-18)15-26-21-7-2-1-6-20(21)25-22(26)13-10-16-8-11-19(24)12-9-16/h1-14H,15H2/b13-10+. The van der Waals surface area contributed by atoms with E-state index in [1.54, 1.807) is 0 Å². The number of fused-ring (bicyclic) bond motifs is 1. The van der Waals surface area contributed by atoms with Crippen molar-refractivity contribution in [1.82, 2.24) is 9.55 Å². The fourth-order valence-electron chi connectivity index (χ4n) is 2.95. The lowest BCUT2D eigenvalue weighted by Gasteiger charge is -2.08. The minimum Gasteiger partial charge on any atom is -0.320 e. The summed E-state index contributed by atoms with van der Waals surface area (Å²) in [5, 5.41) is 0.740. The first-order valence-corrected chi connectivity index (χ1v) is 9.49. The number of benzene rings is 3. The zero-order valence-corrected chi connectivity index (χ0v) is 16.3. The highest BCUT2D eigenvalue weighted by molar-refractivity contribution is 9.10. The van der Waals surface area contributed by atoms with Crippen molar-refractivity contribution in [2.45, 2.75) is 6.54 Å². The summed E-state index contributed by atoms with van der Waals surface area (Å²) in [6.07, 6.45) is 4.12. The van der Waals surface area contributed by atoms with E-state index in [4.69, 9.17) is 16.6 Å². The van der Waals surface area contributed by atoms with Crippen molar-refractivity contribution in [2.75, 3.05) is 0 Å². The Morgan fingerprint density at radius 2 is 1.73 bits per heavy atom. The number of imidazole rings is 1. The molecule has 0 N–H and O–H groups in total. The van der Waals surface area contributed by atoms with E-state index in [1.165, 1.54) is 5.56 Å². The molecule has 2 nitrogen and oxygen atoms in total. The zero-order chi connectivity index (χ0) is 17.9. The average molecular weight is 424 g/mol. The van der Waals surface area contributed by atoms with Crippen molar-refractivity contribution in [1.29, 1.82) is 0 Å². The van der Waals surface area contributed by atoms with Gasteiger partial charge in [-0.1, -0.05) is 70.0 Å². The quantitative estimate of drug-likeness (QED) is 0.358. The Balaban J connectivity index is 1.75. The Morgan fingerprint density at radius 3 is 2.54 bits per heavy atom. The summed E-state index contributed by atoms with van der Waals surface area (Å²) in [5.41, 5.74) is 4.45. The van der Waals surface area contributed by atoms with Gasteiger partial charge in [-0.15, -0.1) is 0 Å². The largest absolute Gasteiger partial charge is 0.320 e. The Bertz CT molecular complexity index is 1080. The first kappa shape index (κ1) is 17.1. The van der Waals surface area contributed by atoms with Gasteiger partial charge in [-0.05, 0) is 53.6 Å². The van der Waals surface area contributed by atoms with Crippen LogP contribution in [0.2, 0.25) is 5.02 Å². The van der Waals surface area contributed by atoms with Crippen LogP contribution in [0.15, 0.2) is 77.3 Å². The number of rotatable bonds is 4. The third kappa shape index (κ3) is 3.74. The van der Waals surface area contributed by atoms with Crippen LogP contribution >= 0.6 is 27.5 Å². The molecule has 0 aliphatic heterocycles. The number of hydrogen-bond donors (Lipinski definition) is 0. The molecule has 1 heterocycles. The Labute approximate surface area is 165 Å². The summed E-state index contributed by atoms with van der Waals surface area (Å²) in [4.78, 5) is 4.80. The predicted molar refractivity (Wildman–Crippen MR) is 113 cm³/mol. The van der Waals surface area contributed by atoms with Gasteiger partial charge in [0.1, 0.15) is 5.82 Å². The van der Waals surface area contributed by atoms with Crippen LogP contribution in [0.1, 0.15) is 17.0 Å². The summed E-state index contributed by atoms with van der Waals surface area (Å²) < 4.78 is 3.32. The molecule has 3 aromatic carbocycles. The smallest absolute Gasteiger partial charge is 0.134 e. The molecule has 0 aliphatic carbocycles. The van der Waals surface area contributed by atoms with Gasteiger partial charge in [0.15, 0.2) is 0 Å². The van der Waals surface area contributed by atoms with E-state index in [-0.39, 0.29) is 0 Å². The fraction of sp³-hybridized carbons (Fsp3) is 0.0455. The number of halogens is 2. The third-order valence-corrected chi connectivity index (χ3v) is 4.95. The van der Waals surface area contributed by atoms with E-state index >= 15 is 0 Å². The lowest BCUT2D eigenvalue weighted by molar-refractivity contribution is 0.813. The summed E-state index contributed by atoms with van der Waals surface area (Å²) >= 11 is 9.52. The van der Waals surface area contributed by atoms with E-state index in [1.807, 2.05) is 48.5 Å². The molecule has 0 unspecified atom stereocenters. The molecule has 0 saturated heterocycles. The van der Waals surface area contributed by atoms with E-state index in [9.17, 15) is 0 Å². The summed E-state index contributed by atoms with van der Waals surface area (Å²) in [6, 6.07) is 24.4. The molecular formula is C22H16BrClN2. The van der Waals surface area contributed by atoms with Gasteiger partial charge >= 0.3 is 0 Å². The number of para-hydroxylation sites is 2. The van der Waals surface area contributed by atoms with E-state index in [2.05, 4.69) is 56.9 Å². The number of aromatic nitrogens is 2. The summed E-state index contributed by atoms with van der Waals surface area (Å²) in [5.74, 6) is 0.932. The molecule has 0 atom stereocenters. The highest BCUT2D eigenvalue weighted by atomic mass is 79.9. The van der Waals surface area contributed by atoms with Crippen molar-refractivity contribution in [3.8, 4) is 0 Å². The van der Waals surface area contributed by atoms with E-state index in [0.29, 0.717) is 0 Å². The number of hydrogen-bond acceptors (Lipinski definition) is 1. The van der Waals surface area contributed by atoms with Crippen molar-refractivity contribution >= 4 is 50.7 Å². The predicted octanol–water partition coefficient (Wildman–Crippen LogP) is 6.67. The topological polar surface area (TPSA) is 17.8 Å². The molecule has 0 saturated carbocycles. The average Bonchev–Trinajstić information content (AvgIpc) is 2.99. The van der Waals surface area contributed by atoms with Gasteiger partial charge in [0.25, 0.3) is 0 Å². The lowest BCUT2D eigenvalue weighted by atomic mass is 10.2. The maximum absolute atomic E-state index is 5.97. The van der Waals surface area contributed by atoms with Crippen LogP contribution in [-0.2, 0) is 6.54 Å². The van der Waals surface area contributed by atoms with E-state index < -0.39 is 0 Å². The lowest BCUT2D eigenvalue weighted by Crippen LogP contribution is -2.02. The molecule has 4 heteroatoms. The van der Waals surface area contributed by atoms with Crippen LogP contribution in [0.25, 0.3) is 23.2 Å². The second kappa shape index (κ2) is 7.48. The molecule has 0 spiro atoms. The Morgan fingerprint density at radius 1 is 0.923 bits per heavy atom. The molecule has 0 amide bonds. The minimum atomic E-state index is 0.740. The Hall–Kier alpha value is -2.36. The highest BCUT2D eigenvalue weighted by Crippen LogP contribution is 2.21. The van der Waals surface area contributed by atoms with Crippen molar-refractivity contribution in [2.24, 2.45) is 0 Å². The van der Waals surface area contributed by atoms with Gasteiger partial charge < -0.3 is 4.57 Å². The molecule has 4 aromatic rings. The second-order valence-corrected chi connectivity index (χ2v) is 7.41. The molecule has 128 valence electrons. The number of nitrogens with zero attached hydrogens (tertiary/aromatic N) is 2. The molecular weight excluding hydrogens is 408 g/mol. The van der Waals surface area contributed by atoms with Crippen LogP contribution < -0.4 is 0 Å². The van der Waals surface area contributed by atoms with Crippen molar-refractivity contribution in [3.05, 3.63) is 99.2 Å². The third-order valence-electron chi connectivity index (χ3n) is 4.21. The SMILES string of the molecule is Clc1ccc(/C=C/c2nc3ccccc3n2Cc2cccc(Br)c2)cc1. The molecule has 26 heavy (non-hydrogen) atoms.